The minimum Gasteiger partial charge on any atom is -0.307 e. The number of benzene rings is 2. The van der Waals surface area contributed by atoms with Crippen LogP contribution in [0, 0.1) is 0 Å². The second-order valence-corrected chi connectivity index (χ2v) is 8.27. The van der Waals surface area contributed by atoms with Gasteiger partial charge in [0.05, 0.1) is 15.8 Å². The van der Waals surface area contributed by atoms with Crippen LogP contribution in [0.3, 0.4) is 0 Å². The molecule has 4 rings (SSSR count). The van der Waals surface area contributed by atoms with Gasteiger partial charge >= 0.3 is 5.69 Å². The molecule has 0 unspecified atom stereocenters. The van der Waals surface area contributed by atoms with Gasteiger partial charge in [0, 0.05) is 12.6 Å². The standard InChI is InChI=1S/C18H17N3O4S/c22-17-15-10-14(8-9-16(15)19-18(23)20-17)26(24,25)21(13-6-7-13)11-12-4-2-1-3-5-12/h1-5,8-10,13H,6-7,11H2,(H2,19,20,22,23). The van der Waals surface area contributed by atoms with Crippen molar-refractivity contribution in [2.24, 2.45) is 0 Å². The number of rotatable bonds is 5. The van der Waals surface area contributed by atoms with Crippen LogP contribution in [0.25, 0.3) is 10.9 Å². The van der Waals surface area contributed by atoms with Crippen LogP contribution in [-0.2, 0) is 16.6 Å². The first-order valence-corrected chi connectivity index (χ1v) is 9.71. The monoisotopic (exact) mass is 371 g/mol. The first kappa shape index (κ1) is 16.7. The van der Waals surface area contributed by atoms with Gasteiger partial charge in [-0.3, -0.25) is 9.78 Å². The predicted octanol–water partition coefficient (Wildman–Crippen LogP) is 1.57. The van der Waals surface area contributed by atoms with Gasteiger partial charge in [0.1, 0.15) is 0 Å². The maximum Gasteiger partial charge on any atom is 0.326 e. The minimum atomic E-state index is -3.77. The smallest absolute Gasteiger partial charge is 0.307 e. The minimum absolute atomic E-state index is 0.0234. The Bertz CT molecular complexity index is 1180. The third-order valence-electron chi connectivity index (χ3n) is 4.45. The molecule has 3 aromatic rings. The summed E-state index contributed by atoms with van der Waals surface area (Å²) >= 11 is 0. The van der Waals surface area contributed by atoms with Crippen LogP contribution in [0.4, 0.5) is 0 Å². The summed E-state index contributed by atoms with van der Waals surface area (Å²) in [5.41, 5.74) is -0.0201. The zero-order valence-corrected chi connectivity index (χ0v) is 14.6. The van der Waals surface area contributed by atoms with E-state index in [1.54, 1.807) is 0 Å². The van der Waals surface area contributed by atoms with E-state index in [-0.39, 0.29) is 22.9 Å². The predicted molar refractivity (Wildman–Crippen MR) is 97.4 cm³/mol. The van der Waals surface area contributed by atoms with Gasteiger partial charge in [-0.2, -0.15) is 4.31 Å². The number of H-pyrrole nitrogens is 2. The highest BCUT2D eigenvalue weighted by atomic mass is 32.2. The molecule has 1 heterocycles. The Hall–Kier alpha value is -2.71. The molecule has 0 spiro atoms. The van der Waals surface area contributed by atoms with E-state index in [2.05, 4.69) is 9.97 Å². The van der Waals surface area contributed by atoms with Gasteiger partial charge in [-0.25, -0.2) is 13.2 Å². The molecule has 0 radical (unpaired) electrons. The molecule has 8 heteroatoms. The van der Waals surface area contributed by atoms with Crippen molar-refractivity contribution in [2.75, 3.05) is 0 Å². The first-order chi connectivity index (χ1) is 12.4. The molecule has 2 aromatic carbocycles. The molecule has 1 saturated carbocycles. The van der Waals surface area contributed by atoms with E-state index in [0.717, 1.165) is 18.4 Å². The fraction of sp³-hybridized carbons (Fsp3) is 0.222. The highest BCUT2D eigenvalue weighted by Crippen LogP contribution is 2.33. The second-order valence-electron chi connectivity index (χ2n) is 6.38. The van der Waals surface area contributed by atoms with Crippen LogP contribution >= 0.6 is 0 Å². The molecule has 1 fully saturated rings. The lowest BCUT2D eigenvalue weighted by atomic mass is 10.2. The average molecular weight is 371 g/mol. The number of fused-ring (bicyclic) bond motifs is 1. The van der Waals surface area contributed by atoms with Crippen LogP contribution in [0.5, 0.6) is 0 Å². The zero-order valence-electron chi connectivity index (χ0n) is 13.8. The molecular weight excluding hydrogens is 354 g/mol. The summed E-state index contributed by atoms with van der Waals surface area (Å²) in [6.45, 7) is 0.286. The topological polar surface area (TPSA) is 103 Å². The van der Waals surface area contributed by atoms with Gasteiger partial charge in [-0.05, 0) is 36.6 Å². The molecule has 0 atom stereocenters. The quantitative estimate of drug-likeness (QED) is 0.710. The summed E-state index contributed by atoms with van der Waals surface area (Å²) in [5.74, 6) is 0. The molecule has 1 aliphatic carbocycles. The van der Waals surface area contributed by atoms with Crippen LogP contribution in [-0.4, -0.2) is 28.7 Å². The lowest BCUT2D eigenvalue weighted by molar-refractivity contribution is 0.398. The number of hydrogen-bond donors (Lipinski definition) is 2. The van der Waals surface area contributed by atoms with Crippen molar-refractivity contribution in [3.63, 3.8) is 0 Å². The Kier molecular flexibility index (Phi) is 4.01. The van der Waals surface area contributed by atoms with Crippen molar-refractivity contribution < 1.29 is 8.42 Å². The Balaban J connectivity index is 1.78. The SMILES string of the molecule is O=c1[nH]c(=O)c2cc(S(=O)(=O)N(Cc3ccccc3)C3CC3)ccc2[nH]1. The summed E-state index contributed by atoms with van der Waals surface area (Å²) in [6.07, 6.45) is 1.65. The number of nitrogens with zero attached hydrogens (tertiary/aromatic N) is 1. The molecule has 1 aromatic heterocycles. The van der Waals surface area contributed by atoms with Crippen molar-refractivity contribution in [3.8, 4) is 0 Å². The Labute approximate surface area is 149 Å². The van der Waals surface area contributed by atoms with E-state index < -0.39 is 21.3 Å². The van der Waals surface area contributed by atoms with E-state index in [1.807, 2.05) is 30.3 Å². The zero-order chi connectivity index (χ0) is 18.3. The lowest BCUT2D eigenvalue weighted by Gasteiger charge is -2.22. The molecule has 134 valence electrons. The fourth-order valence-corrected chi connectivity index (χ4v) is 4.68. The van der Waals surface area contributed by atoms with Crippen LogP contribution in [0.1, 0.15) is 18.4 Å². The largest absolute Gasteiger partial charge is 0.326 e. The summed E-state index contributed by atoms with van der Waals surface area (Å²) < 4.78 is 27.9. The van der Waals surface area contributed by atoms with E-state index in [9.17, 15) is 18.0 Å². The van der Waals surface area contributed by atoms with E-state index in [1.165, 1.54) is 22.5 Å². The second kappa shape index (κ2) is 6.22. The van der Waals surface area contributed by atoms with Crippen LogP contribution in [0.2, 0.25) is 0 Å². The maximum atomic E-state index is 13.2. The number of aromatic nitrogens is 2. The van der Waals surface area contributed by atoms with Gasteiger partial charge < -0.3 is 4.98 Å². The van der Waals surface area contributed by atoms with Crippen molar-refractivity contribution >= 4 is 20.9 Å². The molecule has 26 heavy (non-hydrogen) atoms. The molecule has 0 bridgehead atoms. The van der Waals surface area contributed by atoms with Gasteiger partial charge in [0.15, 0.2) is 0 Å². The van der Waals surface area contributed by atoms with Crippen LogP contribution < -0.4 is 11.2 Å². The first-order valence-electron chi connectivity index (χ1n) is 8.27. The molecule has 0 aliphatic heterocycles. The number of sulfonamides is 1. The van der Waals surface area contributed by atoms with E-state index in [4.69, 9.17) is 0 Å². The van der Waals surface area contributed by atoms with Crippen molar-refractivity contribution in [1.29, 1.82) is 0 Å². The van der Waals surface area contributed by atoms with Gasteiger partial charge in [0.25, 0.3) is 5.56 Å². The number of aromatic amines is 2. The van der Waals surface area contributed by atoms with Crippen molar-refractivity contribution in [2.45, 2.75) is 30.3 Å². The third kappa shape index (κ3) is 3.09. The number of nitrogens with one attached hydrogen (secondary N) is 2. The van der Waals surface area contributed by atoms with Gasteiger partial charge in [-0.15, -0.1) is 0 Å². The lowest BCUT2D eigenvalue weighted by Crippen LogP contribution is -2.33. The molecule has 1 aliphatic rings. The average Bonchev–Trinajstić information content (AvgIpc) is 3.45. The normalized spacial score (nSPS) is 14.8. The van der Waals surface area contributed by atoms with Crippen LogP contribution in [0.15, 0.2) is 63.0 Å². The Morgan fingerprint density at radius 3 is 2.42 bits per heavy atom. The van der Waals surface area contributed by atoms with E-state index in [0.29, 0.717) is 5.52 Å². The Morgan fingerprint density at radius 1 is 1.00 bits per heavy atom. The fourth-order valence-electron chi connectivity index (χ4n) is 2.98. The number of hydrogen-bond acceptors (Lipinski definition) is 4. The van der Waals surface area contributed by atoms with Gasteiger partial charge in [-0.1, -0.05) is 30.3 Å². The Morgan fingerprint density at radius 2 is 1.73 bits per heavy atom. The summed E-state index contributed by atoms with van der Waals surface area (Å²) in [4.78, 5) is 28.0. The van der Waals surface area contributed by atoms with Crippen molar-refractivity contribution in [3.05, 3.63) is 74.9 Å². The molecule has 2 N–H and O–H groups in total. The summed E-state index contributed by atoms with van der Waals surface area (Å²) in [6, 6.07) is 13.6. The van der Waals surface area contributed by atoms with Gasteiger partial charge in [0.2, 0.25) is 10.0 Å². The maximum absolute atomic E-state index is 13.2. The third-order valence-corrected chi connectivity index (χ3v) is 6.35. The summed E-state index contributed by atoms with van der Waals surface area (Å²) in [7, 11) is -3.77. The highest BCUT2D eigenvalue weighted by molar-refractivity contribution is 7.89. The molecule has 0 amide bonds. The molecule has 7 nitrogen and oxygen atoms in total. The van der Waals surface area contributed by atoms with Crippen molar-refractivity contribution in [1.82, 2.24) is 14.3 Å². The highest BCUT2D eigenvalue weighted by Gasteiger charge is 2.38. The van der Waals surface area contributed by atoms with E-state index >= 15 is 0 Å². The molecular formula is C18H17N3O4S. The molecule has 0 saturated heterocycles. The summed E-state index contributed by atoms with van der Waals surface area (Å²) in [5, 5.41) is 0.140.